The van der Waals surface area contributed by atoms with Crippen molar-refractivity contribution in [3.8, 4) is 5.88 Å². The van der Waals surface area contributed by atoms with Gasteiger partial charge in [0.25, 0.3) is 0 Å². The molecule has 0 aromatic carbocycles. The molecule has 4 heteroatoms. The van der Waals surface area contributed by atoms with Crippen LogP contribution in [-0.2, 0) is 11.2 Å². The minimum absolute atomic E-state index is 0.132. The third-order valence-corrected chi connectivity index (χ3v) is 1.91. The van der Waals surface area contributed by atoms with E-state index < -0.39 is 5.97 Å². The van der Waals surface area contributed by atoms with Gasteiger partial charge in [0.15, 0.2) is 0 Å². The van der Waals surface area contributed by atoms with Gasteiger partial charge >= 0.3 is 5.97 Å². The van der Waals surface area contributed by atoms with E-state index in [0.717, 1.165) is 11.1 Å². The molecule has 0 saturated heterocycles. The zero-order valence-electron chi connectivity index (χ0n) is 8.28. The van der Waals surface area contributed by atoms with Crippen LogP contribution in [0.15, 0.2) is 12.3 Å². The van der Waals surface area contributed by atoms with Crippen LogP contribution in [-0.4, -0.2) is 23.2 Å². The number of carboxylic acids is 1. The van der Waals surface area contributed by atoms with Gasteiger partial charge in [0.05, 0.1) is 7.11 Å². The lowest BCUT2D eigenvalue weighted by atomic mass is 10.1. The summed E-state index contributed by atoms with van der Waals surface area (Å²) >= 11 is 0. The van der Waals surface area contributed by atoms with Gasteiger partial charge in [-0.1, -0.05) is 0 Å². The number of carbonyl (C=O) groups is 1. The van der Waals surface area contributed by atoms with Crippen molar-refractivity contribution in [1.29, 1.82) is 0 Å². The summed E-state index contributed by atoms with van der Waals surface area (Å²) in [4.78, 5) is 14.4. The summed E-state index contributed by atoms with van der Waals surface area (Å²) in [5.41, 5.74) is 1.85. The predicted molar refractivity (Wildman–Crippen MR) is 51.5 cm³/mol. The van der Waals surface area contributed by atoms with Gasteiger partial charge in [-0.05, 0) is 25.0 Å². The first-order valence-corrected chi connectivity index (χ1v) is 4.35. The standard InChI is InChI=1S/C10H13NO3/c1-7-5-8(3-4-9(12)13)6-11-10(7)14-2/h5-6H,3-4H2,1-2H3,(H,12,13). The van der Waals surface area contributed by atoms with Crippen LogP contribution >= 0.6 is 0 Å². The molecule has 0 atom stereocenters. The van der Waals surface area contributed by atoms with E-state index in [2.05, 4.69) is 4.98 Å². The molecule has 0 spiro atoms. The number of ether oxygens (including phenoxy) is 1. The lowest BCUT2D eigenvalue weighted by Gasteiger charge is -2.04. The number of methoxy groups -OCH3 is 1. The molecule has 0 amide bonds. The van der Waals surface area contributed by atoms with Gasteiger partial charge in [-0.15, -0.1) is 0 Å². The molecule has 1 heterocycles. The molecule has 0 aliphatic rings. The third-order valence-electron chi connectivity index (χ3n) is 1.91. The number of hydrogen-bond acceptors (Lipinski definition) is 3. The highest BCUT2D eigenvalue weighted by Gasteiger charge is 2.03. The van der Waals surface area contributed by atoms with Crippen LogP contribution in [0.3, 0.4) is 0 Å². The number of hydrogen-bond donors (Lipinski definition) is 1. The summed E-state index contributed by atoms with van der Waals surface area (Å²) in [6, 6.07) is 1.90. The molecule has 76 valence electrons. The fraction of sp³-hybridized carbons (Fsp3) is 0.400. The number of nitrogens with zero attached hydrogens (tertiary/aromatic N) is 1. The van der Waals surface area contributed by atoms with Crippen LogP contribution in [0.2, 0.25) is 0 Å². The number of aromatic nitrogens is 1. The second kappa shape index (κ2) is 4.60. The van der Waals surface area contributed by atoms with Crippen molar-refractivity contribution < 1.29 is 14.6 Å². The summed E-state index contributed by atoms with van der Waals surface area (Å²) in [5, 5.41) is 8.50. The Kier molecular flexibility index (Phi) is 3.45. The highest BCUT2D eigenvalue weighted by molar-refractivity contribution is 5.67. The molecule has 1 N–H and O–H groups in total. The van der Waals surface area contributed by atoms with E-state index in [1.165, 1.54) is 0 Å². The van der Waals surface area contributed by atoms with Gasteiger partial charge < -0.3 is 9.84 Å². The molecule has 1 aromatic rings. The lowest BCUT2D eigenvalue weighted by molar-refractivity contribution is -0.136. The molecule has 0 aliphatic heterocycles. The van der Waals surface area contributed by atoms with E-state index in [1.807, 2.05) is 13.0 Å². The minimum atomic E-state index is -0.793. The average molecular weight is 195 g/mol. The molecule has 0 fully saturated rings. The predicted octanol–water partition coefficient (Wildman–Crippen LogP) is 1.42. The number of aliphatic carboxylic acids is 1. The number of aryl methyl sites for hydroxylation is 2. The topological polar surface area (TPSA) is 59.4 Å². The van der Waals surface area contributed by atoms with E-state index in [4.69, 9.17) is 9.84 Å². The minimum Gasteiger partial charge on any atom is -0.481 e. The summed E-state index contributed by atoms with van der Waals surface area (Å²) in [5.74, 6) is -0.206. The fourth-order valence-corrected chi connectivity index (χ4v) is 1.22. The molecule has 4 nitrogen and oxygen atoms in total. The van der Waals surface area contributed by atoms with Crippen molar-refractivity contribution in [2.45, 2.75) is 19.8 Å². The van der Waals surface area contributed by atoms with Gasteiger partial charge in [-0.2, -0.15) is 0 Å². The zero-order valence-corrected chi connectivity index (χ0v) is 8.28. The molecular weight excluding hydrogens is 182 g/mol. The summed E-state index contributed by atoms with van der Waals surface area (Å²) in [6.07, 6.45) is 2.29. The van der Waals surface area contributed by atoms with E-state index in [-0.39, 0.29) is 6.42 Å². The Hall–Kier alpha value is -1.58. The van der Waals surface area contributed by atoms with Gasteiger partial charge in [-0.25, -0.2) is 4.98 Å². The summed E-state index contributed by atoms with van der Waals surface area (Å²) in [6.45, 7) is 1.89. The number of carboxylic acid groups (broad SMARTS) is 1. The Labute approximate surface area is 82.5 Å². The molecule has 0 unspecified atom stereocenters. The Morgan fingerprint density at radius 3 is 2.86 bits per heavy atom. The smallest absolute Gasteiger partial charge is 0.303 e. The van der Waals surface area contributed by atoms with Gasteiger partial charge in [0, 0.05) is 18.2 Å². The molecule has 0 saturated carbocycles. The van der Waals surface area contributed by atoms with Crippen LogP contribution in [0.1, 0.15) is 17.5 Å². The van der Waals surface area contributed by atoms with E-state index in [1.54, 1.807) is 13.3 Å². The SMILES string of the molecule is COc1ncc(CCC(=O)O)cc1C. The first kappa shape index (κ1) is 10.5. The highest BCUT2D eigenvalue weighted by atomic mass is 16.5. The van der Waals surface area contributed by atoms with Gasteiger partial charge in [0.1, 0.15) is 0 Å². The van der Waals surface area contributed by atoms with Crippen LogP contribution in [0.4, 0.5) is 0 Å². The first-order chi connectivity index (χ1) is 6.63. The fourth-order valence-electron chi connectivity index (χ4n) is 1.22. The Morgan fingerprint density at radius 1 is 1.64 bits per heavy atom. The Bertz CT molecular complexity index is 336. The molecule has 0 radical (unpaired) electrons. The molecular formula is C10H13NO3. The monoisotopic (exact) mass is 195 g/mol. The van der Waals surface area contributed by atoms with Crippen molar-refractivity contribution in [2.24, 2.45) is 0 Å². The van der Waals surface area contributed by atoms with Crippen molar-refractivity contribution in [3.05, 3.63) is 23.4 Å². The van der Waals surface area contributed by atoms with Crippen LogP contribution in [0, 0.1) is 6.92 Å². The van der Waals surface area contributed by atoms with Gasteiger partial charge in [-0.3, -0.25) is 4.79 Å². The average Bonchev–Trinajstić information content (AvgIpc) is 2.15. The van der Waals surface area contributed by atoms with Crippen LogP contribution in [0.5, 0.6) is 5.88 Å². The van der Waals surface area contributed by atoms with E-state index in [0.29, 0.717) is 12.3 Å². The van der Waals surface area contributed by atoms with E-state index in [9.17, 15) is 4.79 Å². The largest absolute Gasteiger partial charge is 0.481 e. The number of rotatable bonds is 4. The maximum atomic E-state index is 10.3. The Morgan fingerprint density at radius 2 is 2.36 bits per heavy atom. The quantitative estimate of drug-likeness (QED) is 0.789. The molecule has 1 rings (SSSR count). The van der Waals surface area contributed by atoms with Crippen LogP contribution in [0.25, 0.3) is 0 Å². The normalized spacial score (nSPS) is 9.86. The van der Waals surface area contributed by atoms with Crippen molar-refractivity contribution in [2.75, 3.05) is 7.11 Å². The summed E-state index contributed by atoms with van der Waals surface area (Å²) < 4.78 is 5.00. The summed E-state index contributed by atoms with van der Waals surface area (Å²) in [7, 11) is 1.56. The number of pyridine rings is 1. The maximum Gasteiger partial charge on any atom is 0.303 e. The second-order valence-corrected chi connectivity index (χ2v) is 3.06. The van der Waals surface area contributed by atoms with E-state index >= 15 is 0 Å². The first-order valence-electron chi connectivity index (χ1n) is 4.35. The van der Waals surface area contributed by atoms with Crippen LogP contribution < -0.4 is 4.74 Å². The van der Waals surface area contributed by atoms with Crippen molar-refractivity contribution >= 4 is 5.97 Å². The second-order valence-electron chi connectivity index (χ2n) is 3.06. The maximum absolute atomic E-state index is 10.3. The Balaban J connectivity index is 2.71. The lowest BCUT2D eigenvalue weighted by Crippen LogP contribution is -1.99. The van der Waals surface area contributed by atoms with Gasteiger partial charge in [0.2, 0.25) is 5.88 Å². The molecule has 1 aromatic heterocycles. The van der Waals surface area contributed by atoms with Crippen molar-refractivity contribution in [1.82, 2.24) is 4.98 Å². The molecule has 0 aliphatic carbocycles. The third kappa shape index (κ3) is 2.73. The highest BCUT2D eigenvalue weighted by Crippen LogP contribution is 2.15. The molecule has 14 heavy (non-hydrogen) atoms. The molecule has 0 bridgehead atoms. The van der Waals surface area contributed by atoms with Crippen molar-refractivity contribution in [3.63, 3.8) is 0 Å². The zero-order chi connectivity index (χ0) is 10.6.